The fraction of sp³-hybridized carbons (Fsp3) is 0.786. The molecule has 20 heavy (non-hydrogen) atoms. The van der Waals surface area contributed by atoms with E-state index < -0.39 is 17.8 Å². The average Bonchev–Trinajstić information content (AvgIpc) is 2.65. The molecule has 2 heterocycles. The number of carbonyl (C=O) groups is 3. The van der Waals surface area contributed by atoms with Gasteiger partial charge in [-0.15, -0.1) is 0 Å². The summed E-state index contributed by atoms with van der Waals surface area (Å²) in [5.74, 6) is -0.707. The van der Waals surface area contributed by atoms with Crippen LogP contribution < -0.4 is 0 Å². The average molecular weight is 279 g/mol. The van der Waals surface area contributed by atoms with E-state index in [1.54, 1.807) is 0 Å². The Morgan fingerprint density at radius 2 is 1.70 bits per heavy atom. The number of urea groups is 1. The van der Waals surface area contributed by atoms with Gasteiger partial charge in [-0.2, -0.15) is 0 Å². The van der Waals surface area contributed by atoms with Gasteiger partial charge in [0, 0.05) is 19.6 Å². The lowest BCUT2D eigenvalue weighted by Crippen LogP contribution is -2.52. The minimum Gasteiger partial charge on any atom is -0.282 e. The van der Waals surface area contributed by atoms with E-state index in [-0.39, 0.29) is 6.67 Å². The number of fused-ring (bicyclic) bond motifs is 1. The molecule has 3 rings (SSSR count). The summed E-state index contributed by atoms with van der Waals surface area (Å²) in [5, 5.41) is 0. The molecule has 110 valence electrons. The van der Waals surface area contributed by atoms with Crippen LogP contribution in [0.25, 0.3) is 0 Å². The monoisotopic (exact) mass is 279 g/mol. The zero-order chi connectivity index (χ0) is 14.3. The Kier molecular flexibility index (Phi) is 3.50. The van der Waals surface area contributed by atoms with Gasteiger partial charge in [0.2, 0.25) is 0 Å². The SMILES string of the molecule is CN1C(=O)C(=O)N(CN2CCC[C@@H]3CCCC[C@@H]32)C1=O. The summed E-state index contributed by atoms with van der Waals surface area (Å²) in [5.41, 5.74) is 0. The molecular weight excluding hydrogens is 258 g/mol. The molecule has 0 radical (unpaired) electrons. The largest absolute Gasteiger partial charge is 0.335 e. The van der Waals surface area contributed by atoms with Crippen molar-refractivity contribution in [2.45, 2.75) is 44.6 Å². The zero-order valence-corrected chi connectivity index (χ0v) is 11.9. The molecule has 0 bridgehead atoms. The Labute approximate surface area is 118 Å². The van der Waals surface area contributed by atoms with Gasteiger partial charge in [0.15, 0.2) is 0 Å². The summed E-state index contributed by atoms with van der Waals surface area (Å²) in [6, 6.07) is -0.0166. The fourth-order valence-electron chi connectivity index (χ4n) is 3.82. The lowest BCUT2D eigenvalue weighted by Gasteiger charge is -2.44. The number of hydrogen-bond donors (Lipinski definition) is 0. The quantitative estimate of drug-likeness (QED) is 0.559. The van der Waals surface area contributed by atoms with E-state index in [1.807, 2.05) is 0 Å². The maximum atomic E-state index is 11.9. The highest BCUT2D eigenvalue weighted by atomic mass is 16.2. The molecule has 2 aliphatic heterocycles. The molecule has 3 fully saturated rings. The van der Waals surface area contributed by atoms with E-state index in [9.17, 15) is 14.4 Å². The van der Waals surface area contributed by atoms with Crippen LogP contribution in [0.2, 0.25) is 0 Å². The van der Waals surface area contributed by atoms with Crippen molar-refractivity contribution in [3.8, 4) is 0 Å². The number of amides is 4. The minimum absolute atomic E-state index is 0.273. The molecule has 0 aromatic carbocycles. The topological polar surface area (TPSA) is 60.9 Å². The smallest absolute Gasteiger partial charge is 0.282 e. The van der Waals surface area contributed by atoms with Crippen molar-refractivity contribution in [2.75, 3.05) is 20.3 Å². The molecule has 2 atom stereocenters. The number of likely N-dealkylation sites (tertiary alicyclic amines) is 1. The van der Waals surface area contributed by atoms with Crippen molar-refractivity contribution in [1.29, 1.82) is 0 Å². The summed E-state index contributed by atoms with van der Waals surface area (Å²) < 4.78 is 0. The zero-order valence-electron chi connectivity index (χ0n) is 11.9. The van der Waals surface area contributed by atoms with Crippen LogP contribution in [0, 0.1) is 5.92 Å². The molecule has 1 aliphatic carbocycles. The van der Waals surface area contributed by atoms with E-state index in [1.165, 1.54) is 32.7 Å². The molecule has 0 spiro atoms. The third-order valence-corrected chi connectivity index (χ3v) is 4.93. The highest BCUT2D eigenvalue weighted by Crippen LogP contribution is 2.35. The third kappa shape index (κ3) is 2.12. The number of carbonyl (C=O) groups excluding carboxylic acids is 3. The van der Waals surface area contributed by atoms with Gasteiger partial charge in [-0.1, -0.05) is 12.8 Å². The standard InChI is InChI=1S/C14H21N3O3/c1-15-12(18)13(19)17(14(15)20)9-16-8-4-6-10-5-2-3-7-11(10)16/h10-11H,2-9H2,1H3/t10-,11-/m0/s1. The Bertz CT molecular complexity index is 449. The molecule has 0 N–H and O–H groups in total. The van der Waals surface area contributed by atoms with Gasteiger partial charge in [0.25, 0.3) is 0 Å². The molecule has 0 aromatic heterocycles. The number of likely N-dealkylation sites (N-methyl/N-ethyl adjacent to an activating group) is 1. The molecule has 0 aromatic rings. The molecular formula is C14H21N3O3. The first kappa shape index (κ1) is 13.5. The van der Waals surface area contributed by atoms with Crippen molar-refractivity contribution < 1.29 is 14.4 Å². The first-order chi connectivity index (χ1) is 9.59. The second kappa shape index (κ2) is 5.16. The van der Waals surface area contributed by atoms with Crippen molar-refractivity contribution in [2.24, 2.45) is 5.92 Å². The maximum absolute atomic E-state index is 11.9. The fourth-order valence-corrected chi connectivity index (χ4v) is 3.82. The molecule has 2 saturated heterocycles. The predicted molar refractivity (Wildman–Crippen MR) is 71.6 cm³/mol. The van der Waals surface area contributed by atoms with Gasteiger partial charge < -0.3 is 0 Å². The van der Waals surface area contributed by atoms with E-state index in [2.05, 4.69) is 4.90 Å². The lowest BCUT2D eigenvalue weighted by molar-refractivity contribution is -0.144. The van der Waals surface area contributed by atoms with Crippen LogP contribution in [-0.4, -0.2) is 58.8 Å². The summed E-state index contributed by atoms with van der Waals surface area (Å²) in [6.07, 6.45) is 7.27. The first-order valence-corrected chi connectivity index (χ1v) is 7.47. The van der Waals surface area contributed by atoms with Crippen molar-refractivity contribution in [3.05, 3.63) is 0 Å². The second-order valence-corrected chi connectivity index (χ2v) is 6.09. The van der Waals surface area contributed by atoms with Gasteiger partial charge in [-0.05, 0) is 31.6 Å². The van der Waals surface area contributed by atoms with Gasteiger partial charge >= 0.3 is 17.8 Å². The molecule has 0 unspecified atom stereocenters. The Balaban J connectivity index is 1.72. The van der Waals surface area contributed by atoms with E-state index in [0.29, 0.717) is 12.0 Å². The highest BCUT2D eigenvalue weighted by molar-refractivity contribution is 6.44. The molecule has 3 aliphatic rings. The van der Waals surface area contributed by atoms with Gasteiger partial charge in [0.05, 0.1) is 6.67 Å². The third-order valence-electron chi connectivity index (χ3n) is 4.93. The predicted octanol–water partition coefficient (Wildman–Crippen LogP) is 1.02. The molecule has 6 heteroatoms. The normalized spacial score (nSPS) is 31.9. The van der Waals surface area contributed by atoms with Crippen LogP contribution in [0.4, 0.5) is 4.79 Å². The van der Waals surface area contributed by atoms with Gasteiger partial charge in [-0.3, -0.25) is 19.4 Å². The highest BCUT2D eigenvalue weighted by Gasteiger charge is 2.44. The van der Waals surface area contributed by atoms with Crippen molar-refractivity contribution >= 4 is 17.8 Å². The van der Waals surface area contributed by atoms with Crippen molar-refractivity contribution in [1.82, 2.24) is 14.7 Å². The Morgan fingerprint density at radius 3 is 2.40 bits per heavy atom. The summed E-state index contributed by atoms with van der Waals surface area (Å²) in [7, 11) is 1.36. The summed E-state index contributed by atoms with van der Waals surface area (Å²) in [6.45, 7) is 1.19. The van der Waals surface area contributed by atoms with Crippen LogP contribution in [0.5, 0.6) is 0 Å². The first-order valence-electron chi connectivity index (χ1n) is 7.47. The number of hydrogen-bond acceptors (Lipinski definition) is 4. The van der Waals surface area contributed by atoms with Crippen LogP contribution in [0.15, 0.2) is 0 Å². The number of nitrogens with zero attached hydrogens (tertiary/aromatic N) is 3. The van der Waals surface area contributed by atoms with Crippen LogP contribution in [0.1, 0.15) is 38.5 Å². The number of imide groups is 2. The van der Waals surface area contributed by atoms with Gasteiger partial charge in [0.1, 0.15) is 0 Å². The summed E-state index contributed by atoms with van der Waals surface area (Å²) >= 11 is 0. The van der Waals surface area contributed by atoms with Crippen LogP contribution in [-0.2, 0) is 9.59 Å². The van der Waals surface area contributed by atoms with Gasteiger partial charge in [-0.25, -0.2) is 9.69 Å². The molecule has 4 amide bonds. The second-order valence-electron chi connectivity index (χ2n) is 6.09. The number of rotatable bonds is 2. The van der Waals surface area contributed by atoms with E-state index in [0.717, 1.165) is 29.2 Å². The van der Waals surface area contributed by atoms with E-state index in [4.69, 9.17) is 0 Å². The molecule has 6 nitrogen and oxygen atoms in total. The van der Waals surface area contributed by atoms with Crippen LogP contribution in [0.3, 0.4) is 0 Å². The van der Waals surface area contributed by atoms with Crippen LogP contribution >= 0.6 is 0 Å². The Hall–Kier alpha value is -1.43. The molecule has 1 saturated carbocycles. The van der Waals surface area contributed by atoms with Crippen molar-refractivity contribution in [3.63, 3.8) is 0 Å². The maximum Gasteiger partial charge on any atom is 0.335 e. The lowest BCUT2D eigenvalue weighted by atomic mass is 9.78. The number of piperidine rings is 1. The summed E-state index contributed by atoms with van der Waals surface area (Å²) in [4.78, 5) is 39.6. The Morgan fingerprint density at radius 1 is 1.00 bits per heavy atom. The minimum atomic E-state index is -0.716. The van der Waals surface area contributed by atoms with E-state index >= 15 is 0 Å².